The summed E-state index contributed by atoms with van der Waals surface area (Å²) in [5.41, 5.74) is 8.32. The van der Waals surface area contributed by atoms with E-state index in [-0.39, 0.29) is 0 Å². The van der Waals surface area contributed by atoms with E-state index in [4.69, 9.17) is 5.73 Å². The lowest BCUT2D eigenvalue weighted by molar-refractivity contribution is 0.393. The van der Waals surface area contributed by atoms with Gasteiger partial charge in [0, 0.05) is 12.6 Å². The Labute approximate surface area is 100 Å². The second kappa shape index (κ2) is 4.00. The van der Waals surface area contributed by atoms with Crippen LogP contribution in [0.15, 0.2) is 18.5 Å². The maximum Gasteiger partial charge on any atom is 0.155 e. The second-order valence-electron chi connectivity index (χ2n) is 4.95. The van der Waals surface area contributed by atoms with Crippen molar-refractivity contribution in [2.45, 2.75) is 12.8 Å². The van der Waals surface area contributed by atoms with Gasteiger partial charge in [0.05, 0.1) is 23.8 Å². The molecular formula is C12H17N5. The summed E-state index contributed by atoms with van der Waals surface area (Å²) in [6.07, 6.45) is 5.78. The van der Waals surface area contributed by atoms with Gasteiger partial charge in [0.25, 0.3) is 0 Å². The number of fused-ring (bicyclic) bond motifs is 1. The average molecular weight is 231 g/mol. The number of nitrogens with two attached hydrogens (primary N) is 1. The molecule has 1 aliphatic rings. The van der Waals surface area contributed by atoms with Crippen LogP contribution in [0.2, 0.25) is 0 Å². The Morgan fingerprint density at radius 1 is 1.53 bits per heavy atom. The van der Waals surface area contributed by atoms with Crippen LogP contribution in [0.3, 0.4) is 0 Å². The molecule has 1 saturated heterocycles. The molecule has 1 unspecified atom stereocenters. The Bertz CT molecular complexity index is 533. The van der Waals surface area contributed by atoms with E-state index in [2.05, 4.69) is 28.1 Å². The van der Waals surface area contributed by atoms with E-state index in [0.29, 0.717) is 5.69 Å². The number of hydrogen-bond donors (Lipinski definition) is 1. The van der Waals surface area contributed by atoms with Crippen LogP contribution in [0.5, 0.6) is 0 Å². The maximum atomic E-state index is 5.68. The molecule has 2 N–H and O–H groups in total. The highest BCUT2D eigenvalue weighted by Gasteiger charge is 2.20. The highest BCUT2D eigenvalue weighted by molar-refractivity contribution is 5.44. The number of hydrogen-bond acceptors (Lipinski definition) is 4. The lowest BCUT2D eigenvalue weighted by atomic mass is 10.0. The van der Waals surface area contributed by atoms with Crippen molar-refractivity contribution in [3.63, 3.8) is 0 Å². The molecule has 3 heterocycles. The van der Waals surface area contributed by atoms with Crippen LogP contribution in [0.4, 0.5) is 5.69 Å². The summed E-state index contributed by atoms with van der Waals surface area (Å²) < 4.78 is 1.77. The fraction of sp³-hybridized carbons (Fsp3) is 0.500. The Kier molecular flexibility index (Phi) is 2.48. The molecule has 0 amide bonds. The minimum absolute atomic E-state index is 0.646. The van der Waals surface area contributed by atoms with Gasteiger partial charge >= 0.3 is 0 Å². The quantitative estimate of drug-likeness (QED) is 0.830. The summed E-state index contributed by atoms with van der Waals surface area (Å²) in [4.78, 5) is 6.63. The Hall–Kier alpha value is -1.62. The Morgan fingerprint density at radius 3 is 3.18 bits per heavy atom. The molecule has 1 fully saturated rings. The molecule has 0 radical (unpaired) electrons. The zero-order chi connectivity index (χ0) is 11.8. The first-order chi connectivity index (χ1) is 8.20. The molecule has 0 spiro atoms. The fourth-order valence-electron chi connectivity index (χ4n) is 2.53. The average Bonchev–Trinajstić information content (AvgIpc) is 2.84. The number of anilines is 1. The van der Waals surface area contributed by atoms with Gasteiger partial charge in [0.1, 0.15) is 0 Å². The SMILES string of the molecule is CN1CCC(Cc2cc3ncc(N)cn3n2)C1. The first kappa shape index (κ1) is 10.5. The van der Waals surface area contributed by atoms with E-state index in [0.717, 1.165) is 23.7 Å². The topological polar surface area (TPSA) is 59.5 Å². The van der Waals surface area contributed by atoms with Crippen LogP contribution in [-0.4, -0.2) is 39.6 Å². The normalized spacial score (nSPS) is 21.4. The molecule has 2 aromatic heterocycles. The summed E-state index contributed by atoms with van der Waals surface area (Å²) in [7, 11) is 2.17. The van der Waals surface area contributed by atoms with Crippen molar-refractivity contribution in [1.82, 2.24) is 19.5 Å². The van der Waals surface area contributed by atoms with Crippen LogP contribution in [-0.2, 0) is 6.42 Å². The van der Waals surface area contributed by atoms with Gasteiger partial charge in [-0.1, -0.05) is 0 Å². The van der Waals surface area contributed by atoms with E-state index in [9.17, 15) is 0 Å². The molecule has 17 heavy (non-hydrogen) atoms. The van der Waals surface area contributed by atoms with Gasteiger partial charge in [-0.25, -0.2) is 9.50 Å². The number of nitrogen functional groups attached to an aromatic ring is 1. The van der Waals surface area contributed by atoms with Gasteiger partial charge in [-0.3, -0.25) is 0 Å². The Balaban J connectivity index is 1.81. The summed E-state index contributed by atoms with van der Waals surface area (Å²) in [5.74, 6) is 0.724. The minimum Gasteiger partial charge on any atom is -0.396 e. The molecule has 0 bridgehead atoms. The predicted molar refractivity (Wildman–Crippen MR) is 66.7 cm³/mol. The van der Waals surface area contributed by atoms with Crippen molar-refractivity contribution in [1.29, 1.82) is 0 Å². The third kappa shape index (κ3) is 2.10. The molecule has 0 saturated carbocycles. The van der Waals surface area contributed by atoms with Crippen LogP contribution in [0, 0.1) is 5.92 Å². The first-order valence-electron chi connectivity index (χ1n) is 5.99. The summed E-state index contributed by atoms with van der Waals surface area (Å²) in [6, 6.07) is 2.05. The van der Waals surface area contributed by atoms with Crippen molar-refractivity contribution >= 4 is 11.3 Å². The highest BCUT2D eigenvalue weighted by atomic mass is 15.2. The van der Waals surface area contributed by atoms with E-state index in [1.165, 1.54) is 19.5 Å². The molecule has 1 aliphatic heterocycles. The lowest BCUT2D eigenvalue weighted by Crippen LogP contribution is -2.15. The molecule has 5 heteroatoms. The first-order valence-corrected chi connectivity index (χ1v) is 5.99. The van der Waals surface area contributed by atoms with Crippen LogP contribution in [0.25, 0.3) is 5.65 Å². The van der Waals surface area contributed by atoms with Gasteiger partial charge in [-0.15, -0.1) is 0 Å². The third-order valence-electron chi connectivity index (χ3n) is 3.37. The van der Waals surface area contributed by atoms with Crippen molar-refractivity contribution < 1.29 is 0 Å². The summed E-state index contributed by atoms with van der Waals surface area (Å²) in [5, 5.41) is 4.52. The number of nitrogens with zero attached hydrogens (tertiary/aromatic N) is 4. The van der Waals surface area contributed by atoms with Crippen LogP contribution < -0.4 is 5.73 Å². The molecule has 90 valence electrons. The fourth-order valence-corrected chi connectivity index (χ4v) is 2.53. The second-order valence-corrected chi connectivity index (χ2v) is 4.95. The number of likely N-dealkylation sites (tertiary alicyclic amines) is 1. The third-order valence-corrected chi connectivity index (χ3v) is 3.37. The van der Waals surface area contributed by atoms with Crippen molar-refractivity contribution in [2.24, 2.45) is 5.92 Å². The summed E-state index contributed by atoms with van der Waals surface area (Å²) in [6.45, 7) is 2.37. The monoisotopic (exact) mass is 231 g/mol. The van der Waals surface area contributed by atoms with Gasteiger partial charge < -0.3 is 10.6 Å². The van der Waals surface area contributed by atoms with Crippen LogP contribution >= 0.6 is 0 Å². The molecule has 2 aromatic rings. The number of aromatic nitrogens is 3. The van der Waals surface area contributed by atoms with Gasteiger partial charge in [0.15, 0.2) is 5.65 Å². The molecule has 1 atom stereocenters. The zero-order valence-corrected chi connectivity index (χ0v) is 10.0. The lowest BCUT2D eigenvalue weighted by Gasteiger charge is -2.07. The molecule has 5 nitrogen and oxygen atoms in total. The van der Waals surface area contributed by atoms with Crippen molar-refractivity contribution in [3.8, 4) is 0 Å². The standard InChI is InChI=1S/C12H17N5/c1-16-3-2-9(7-16)4-11-5-12-14-6-10(13)8-17(12)15-11/h5-6,8-9H,2-4,7,13H2,1H3. The molecule has 0 aliphatic carbocycles. The van der Waals surface area contributed by atoms with E-state index in [1.807, 2.05) is 6.20 Å². The predicted octanol–water partition coefficient (Wildman–Crippen LogP) is 0.806. The minimum atomic E-state index is 0.646. The van der Waals surface area contributed by atoms with Gasteiger partial charge in [-0.05, 0) is 32.4 Å². The number of rotatable bonds is 2. The van der Waals surface area contributed by atoms with E-state index < -0.39 is 0 Å². The largest absolute Gasteiger partial charge is 0.396 e. The smallest absolute Gasteiger partial charge is 0.155 e. The maximum absolute atomic E-state index is 5.68. The zero-order valence-electron chi connectivity index (χ0n) is 10.0. The van der Waals surface area contributed by atoms with Crippen molar-refractivity contribution in [3.05, 3.63) is 24.2 Å². The molecule has 0 aromatic carbocycles. The highest BCUT2D eigenvalue weighted by Crippen LogP contribution is 2.19. The van der Waals surface area contributed by atoms with Crippen molar-refractivity contribution in [2.75, 3.05) is 25.9 Å². The van der Waals surface area contributed by atoms with Gasteiger partial charge in [-0.2, -0.15) is 5.10 Å². The van der Waals surface area contributed by atoms with Gasteiger partial charge in [0.2, 0.25) is 0 Å². The van der Waals surface area contributed by atoms with E-state index in [1.54, 1.807) is 10.7 Å². The van der Waals surface area contributed by atoms with E-state index >= 15 is 0 Å². The van der Waals surface area contributed by atoms with Crippen LogP contribution in [0.1, 0.15) is 12.1 Å². The summed E-state index contributed by atoms with van der Waals surface area (Å²) >= 11 is 0. The Morgan fingerprint density at radius 2 is 2.41 bits per heavy atom. The molecular weight excluding hydrogens is 214 g/mol. The molecule has 3 rings (SSSR count).